The predicted octanol–water partition coefficient (Wildman–Crippen LogP) is 1.44. The molecule has 3 aromatic rings. The van der Waals surface area contributed by atoms with Crippen LogP contribution in [0.15, 0.2) is 31.0 Å². The zero-order valence-electron chi connectivity index (χ0n) is 14.0. The zero-order chi connectivity index (χ0) is 17.2. The molecule has 3 aromatic heterocycles. The maximum absolute atomic E-state index is 9.05. The van der Waals surface area contributed by atoms with Crippen LogP contribution in [0.5, 0.6) is 0 Å². The molecule has 25 heavy (non-hydrogen) atoms. The molecule has 4 heterocycles. The van der Waals surface area contributed by atoms with E-state index in [0.29, 0.717) is 5.56 Å². The highest BCUT2D eigenvalue weighted by Gasteiger charge is 2.22. The van der Waals surface area contributed by atoms with E-state index in [2.05, 4.69) is 42.7 Å². The first-order valence-corrected chi connectivity index (χ1v) is 8.32. The van der Waals surface area contributed by atoms with Gasteiger partial charge in [0.25, 0.3) is 0 Å². The van der Waals surface area contributed by atoms with Crippen LogP contribution < -0.4 is 9.80 Å². The highest BCUT2D eigenvalue weighted by molar-refractivity contribution is 5.83. The van der Waals surface area contributed by atoms with Crippen molar-refractivity contribution in [3.05, 3.63) is 36.5 Å². The maximum atomic E-state index is 9.05. The van der Waals surface area contributed by atoms with Gasteiger partial charge >= 0.3 is 0 Å². The molecule has 0 spiro atoms. The molecular weight excluding hydrogens is 316 g/mol. The van der Waals surface area contributed by atoms with E-state index >= 15 is 0 Å². The molecule has 0 atom stereocenters. The van der Waals surface area contributed by atoms with E-state index in [1.165, 1.54) is 0 Å². The lowest BCUT2D eigenvalue weighted by atomic mass is 10.2. The van der Waals surface area contributed by atoms with E-state index in [1.807, 2.05) is 17.0 Å². The van der Waals surface area contributed by atoms with Crippen LogP contribution in [0.25, 0.3) is 11.2 Å². The Labute approximate surface area is 145 Å². The van der Waals surface area contributed by atoms with Crippen LogP contribution in [0.1, 0.15) is 12.5 Å². The molecule has 0 aromatic carbocycles. The Morgan fingerprint density at radius 2 is 1.88 bits per heavy atom. The molecule has 1 aliphatic rings. The van der Waals surface area contributed by atoms with E-state index in [0.717, 1.165) is 55.5 Å². The minimum absolute atomic E-state index is 0.634. The summed E-state index contributed by atoms with van der Waals surface area (Å²) in [6, 6.07) is 5.72. The second kappa shape index (κ2) is 6.36. The Kier molecular flexibility index (Phi) is 3.90. The molecule has 1 aliphatic heterocycles. The molecule has 0 unspecified atom stereocenters. The van der Waals surface area contributed by atoms with Crippen LogP contribution >= 0.6 is 0 Å². The average Bonchev–Trinajstić information content (AvgIpc) is 3.11. The summed E-state index contributed by atoms with van der Waals surface area (Å²) in [7, 11) is 0. The number of pyridine rings is 1. The summed E-state index contributed by atoms with van der Waals surface area (Å²) < 4.78 is 2.02. The van der Waals surface area contributed by atoms with Crippen molar-refractivity contribution in [1.82, 2.24) is 24.5 Å². The van der Waals surface area contributed by atoms with Gasteiger partial charge in [-0.15, -0.1) is 0 Å². The predicted molar refractivity (Wildman–Crippen MR) is 94.4 cm³/mol. The zero-order valence-corrected chi connectivity index (χ0v) is 14.0. The number of rotatable bonds is 3. The summed E-state index contributed by atoms with van der Waals surface area (Å²) in [6.07, 6.45) is 5.11. The summed E-state index contributed by atoms with van der Waals surface area (Å²) in [5, 5.41) is 9.05. The highest BCUT2D eigenvalue weighted by Crippen LogP contribution is 2.23. The smallest absolute Gasteiger partial charge is 0.165 e. The van der Waals surface area contributed by atoms with Gasteiger partial charge in [-0.2, -0.15) is 5.26 Å². The average molecular weight is 334 g/mol. The van der Waals surface area contributed by atoms with Crippen LogP contribution in [0.2, 0.25) is 0 Å². The van der Waals surface area contributed by atoms with Gasteiger partial charge in [-0.1, -0.05) is 0 Å². The number of hydrogen-bond donors (Lipinski definition) is 0. The van der Waals surface area contributed by atoms with Gasteiger partial charge in [-0.25, -0.2) is 19.9 Å². The number of piperazine rings is 1. The van der Waals surface area contributed by atoms with Crippen molar-refractivity contribution in [3.63, 3.8) is 0 Å². The van der Waals surface area contributed by atoms with Crippen molar-refractivity contribution in [2.24, 2.45) is 0 Å². The molecule has 126 valence electrons. The molecule has 1 fully saturated rings. The molecule has 0 radical (unpaired) electrons. The molecule has 1 saturated heterocycles. The van der Waals surface area contributed by atoms with Gasteiger partial charge in [0.2, 0.25) is 0 Å². The van der Waals surface area contributed by atoms with Crippen molar-refractivity contribution in [2.75, 3.05) is 36.0 Å². The van der Waals surface area contributed by atoms with Crippen LogP contribution in [0, 0.1) is 11.3 Å². The Morgan fingerprint density at radius 3 is 2.64 bits per heavy atom. The molecule has 8 heteroatoms. The molecule has 0 aliphatic carbocycles. The van der Waals surface area contributed by atoms with Gasteiger partial charge in [0.05, 0.1) is 18.0 Å². The number of nitriles is 1. The monoisotopic (exact) mass is 334 g/mol. The largest absolute Gasteiger partial charge is 0.353 e. The van der Waals surface area contributed by atoms with Gasteiger partial charge in [0.1, 0.15) is 12.1 Å². The van der Waals surface area contributed by atoms with E-state index < -0.39 is 0 Å². The summed E-state index contributed by atoms with van der Waals surface area (Å²) in [6.45, 7) is 6.20. The number of hydrogen-bond acceptors (Lipinski definition) is 7. The first-order valence-electron chi connectivity index (χ1n) is 8.32. The minimum Gasteiger partial charge on any atom is -0.353 e. The lowest BCUT2D eigenvalue weighted by molar-refractivity contribution is 0.642. The van der Waals surface area contributed by atoms with Crippen LogP contribution in [0.4, 0.5) is 11.6 Å². The van der Waals surface area contributed by atoms with E-state index in [-0.39, 0.29) is 0 Å². The Balaban J connectivity index is 1.54. The van der Waals surface area contributed by atoms with E-state index in [4.69, 9.17) is 5.26 Å². The Bertz CT molecular complexity index is 933. The summed E-state index contributed by atoms with van der Waals surface area (Å²) in [5.41, 5.74) is 2.36. The number of aromatic nitrogens is 5. The molecule has 0 amide bonds. The first-order chi connectivity index (χ1) is 12.3. The Morgan fingerprint density at radius 1 is 1.08 bits per heavy atom. The fraction of sp³-hybridized carbons (Fsp3) is 0.353. The lowest BCUT2D eigenvalue weighted by Crippen LogP contribution is -2.47. The van der Waals surface area contributed by atoms with Crippen LogP contribution in [-0.4, -0.2) is 50.7 Å². The fourth-order valence-electron chi connectivity index (χ4n) is 3.14. The molecule has 8 nitrogen and oxygen atoms in total. The highest BCUT2D eigenvalue weighted by atomic mass is 15.3. The second-order valence-corrected chi connectivity index (χ2v) is 5.89. The van der Waals surface area contributed by atoms with Crippen LogP contribution in [-0.2, 0) is 6.54 Å². The summed E-state index contributed by atoms with van der Waals surface area (Å²) >= 11 is 0. The Hall–Kier alpha value is -3.21. The van der Waals surface area contributed by atoms with Gasteiger partial charge < -0.3 is 14.4 Å². The quantitative estimate of drug-likeness (QED) is 0.716. The summed E-state index contributed by atoms with van der Waals surface area (Å²) in [5.74, 6) is 1.73. The van der Waals surface area contributed by atoms with Crippen LogP contribution in [0.3, 0.4) is 0 Å². The van der Waals surface area contributed by atoms with Gasteiger partial charge in [0.15, 0.2) is 17.0 Å². The topological polar surface area (TPSA) is 86.8 Å². The normalized spacial score (nSPS) is 14.7. The van der Waals surface area contributed by atoms with Crippen molar-refractivity contribution in [3.8, 4) is 6.07 Å². The number of aryl methyl sites for hydroxylation is 1. The van der Waals surface area contributed by atoms with Crippen molar-refractivity contribution in [2.45, 2.75) is 13.5 Å². The standard InChI is InChI=1S/C17H18N8/c1-2-23-12-22-15-16(23)20-11-21-17(15)25-7-5-24(6-8-25)14-9-13(10-18)3-4-19-14/h3-4,9,11-12H,2,5-8H2,1H3. The van der Waals surface area contributed by atoms with Gasteiger partial charge in [-0.05, 0) is 19.1 Å². The number of anilines is 2. The number of fused-ring (bicyclic) bond motifs is 1. The lowest BCUT2D eigenvalue weighted by Gasteiger charge is -2.36. The van der Waals surface area contributed by atoms with E-state index in [9.17, 15) is 0 Å². The molecule has 0 saturated carbocycles. The van der Waals surface area contributed by atoms with Crippen molar-refractivity contribution >= 4 is 22.8 Å². The van der Waals surface area contributed by atoms with Crippen molar-refractivity contribution in [1.29, 1.82) is 5.26 Å². The maximum Gasteiger partial charge on any atom is 0.165 e. The molecule has 0 N–H and O–H groups in total. The third-order valence-corrected chi connectivity index (χ3v) is 4.50. The SMILES string of the molecule is CCn1cnc2c(N3CCN(c4cc(C#N)ccn4)CC3)ncnc21. The van der Waals surface area contributed by atoms with Gasteiger partial charge in [-0.3, -0.25) is 0 Å². The number of imidazole rings is 1. The minimum atomic E-state index is 0.634. The third-order valence-electron chi connectivity index (χ3n) is 4.50. The first kappa shape index (κ1) is 15.3. The molecule has 0 bridgehead atoms. The molecule has 4 rings (SSSR count). The summed E-state index contributed by atoms with van der Waals surface area (Å²) in [4.78, 5) is 22.1. The molecular formula is C17H18N8. The van der Waals surface area contributed by atoms with Gasteiger partial charge in [0, 0.05) is 38.9 Å². The number of nitrogens with zero attached hydrogens (tertiary/aromatic N) is 8. The fourth-order valence-corrected chi connectivity index (χ4v) is 3.14. The second-order valence-electron chi connectivity index (χ2n) is 5.89. The van der Waals surface area contributed by atoms with E-state index in [1.54, 1.807) is 18.6 Å². The third kappa shape index (κ3) is 2.74. The van der Waals surface area contributed by atoms with Crippen molar-refractivity contribution < 1.29 is 0 Å².